The highest BCUT2D eigenvalue weighted by Crippen LogP contribution is 2.26. The smallest absolute Gasteiger partial charge is 0.234 e. The van der Waals surface area contributed by atoms with Gasteiger partial charge in [-0.2, -0.15) is 0 Å². The number of amides is 1. The van der Waals surface area contributed by atoms with E-state index in [0.29, 0.717) is 20.9 Å². The Labute approximate surface area is 188 Å². The van der Waals surface area contributed by atoms with Gasteiger partial charge in [-0.3, -0.25) is 9.36 Å². The summed E-state index contributed by atoms with van der Waals surface area (Å²) in [4.78, 5) is 13.6. The van der Waals surface area contributed by atoms with Gasteiger partial charge in [0.1, 0.15) is 11.9 Å². The molecule has 0 saturated heterocycles. The lowest BCUT2D eigenvalue weighted by Gasteiger charge is -2.18. The molecule has 0 bridgehead atoms. The van der Waals surface area contributed by atoms with Gasteiger partial charge in [-0.1, -0.05) is 35.0 Å². The summed E-state index contributed by atoms with van der Waals surface area (Å²) >= 11 is 13.2. The quantitative estimate of drug-likeness (QED) is 0.519. The van der Waals surface area contributed by atoms with Crippen molar-refractivity contribution in [3.63, 3.8) is 0 Å². The molecule has 0 saturated carbocycles. The van der Waals surface area contributed by atoms with Crippen molar-refractivity contribution in [2.24, 2.45) is 0 Å². The monoisotopic (exact) mass is 468 g/mol. The second-order valence-corrected chi connectivity index (χ2v) is 8.76. The lowest BCUT2D eigenvalue weighted by molar-refractivity contribution is -0.890. The maximum atomic E-state index is 13.4. The van der Waals surface area contributed by atoms with Gasteiger partial charge in [0.15, 0.2) is 11.0 Å². The van der Waals surface area contributed by atoms with Gasteiger partial charge in [0, 0.05) is 21.4 Å². The van der Waals surface area contributed by atoms with E-state index in [-0.39, 0.29) is 23.5 Å². The maximum Gasteiger partial charge on any atom is 0.234 e. The number of nitrogens with zero attached hydrogens (tertiary/aromatic N) is 3. The summed E-state index contributed by atoms with van der Waals surface area (Å²) in [6.45, 7) is 2.03. The Morgan fingerprint density at radius 1 is 1.17 bits per heavy atom. The zero-order valence-corrected chi connectivity index (χ0v) is 18.9. The first-order valence-corrected chi connectivity index (χ1v) is 10.9. The van der Waals surface area contributed by atoms with E-state index >= 15 is 0 Å². The van der Waals surface area contributed by atoms with Crippen LogP contribution in [0.25, 0.3) is 5.69 Å². The first-order valence-electron chi connectivity index (χ1n) is 9.14. The van der Waals surface area contributed by atoms with Crippen LogP contribution in [0.3, 0.4) is 0 Å². The molecule has 0 spiro atoms. The number of benzene rings is 2. The number of halogens is 3. The minimum Gasteiger partial charge on any atom is -0.331 e. The average Bonchev–Trinajstić information content (AvgIpc) is 3.09. The fourth-order valence-corrected chi connectivity index (χ4v) is 3.98. The van der Waals surface area contributed by atoms with Gasteiger partial charge in [0.2, 0.25) is 5.91 Å². The van der Waals surface area contributed by atoms with E-state index in [4.69, 9.17) is 23.2 Å². The van der Waals surface area contributed by atoms with Crippen molar-refractivity contribution in [3.8, 4) is 5.69 Å². The molecule has 6 nitrogen and oxygen atoms in total. The second-order valence-electron chi connectivity index (χ2n) is 6.95. The molecule has 30 heavy (non-hydrogen) atoms. The van der Waals surface area contributed by atoms with E-state index < -0.39 is 0 Å². The fourth-order valence-electron chi connectivity index (χ4n) is 2.70. The van der Waals surface area contributed by atoms with Crippen LogP contribution in [0.5, 0.6) is 0 Å². The molecular formula is C20H21Cl2FN5OS+. The lowest BCUT2D eigenvalue weighted by Crippen LogP contribution is -3.05. The van der Waals surface area contributed by atoms with Crippen LogP contribution < -0.4 is 10.2 Å². The summed E-state index contributed by atoms with van der Waals surface area (Å²) in [7, 11) is 4.04. The summed E-state index contributed by atoms with van der Waals surface area (Å²) in [6, 6.07) is 11.0. The Bertz CT molecular complexity index is 1020. The van der Waals surface area contributed by atoms with Gasteiger partial charge in [-0.25, -0.2) is 4.39 Å². The third kappa shape index (κ3) is 5.51. The van der Waals surface area contributed by atoms with Crippen molar-refractivity contribution in [2.45, 2.75) is 18.1 Å². The molecule has 3 rings (SSSR count). The van der Waals surface area contributed by atoms with Gasteiger partial charge in [-0.05, 0) is 49.4 Å². The number of carbonyl (C=O) groups excluding carboxylic acids is 1. The molecule has 10 heteroatoms. The van der Waals surface area contributed by atoms with Gasteiger partial charge in [-0.15, -0.1) is 10.2 Å². The van der Waals surface area contributed by atoms with Gasteiger partial charge in [0.25, 0.3) is 0 Å². The molecule has 0 aliphatic heterocycles. The summed E-state index contributed by atoms with van der Waals surface area (Å²) in [6.07, 6.45) is 0. The van der Waals surface area contributed by atoms with Crippen molar-refractivity contribution in [2.75, 3.05) is 25.2 Å². The number of rotatable bonds is 7. The van der Waals surface area contributed by atoms with Crippen LogP contribution in [-0.2, 0) is 4.79 Å². The van der Waals surface area contributed by atoms with Crippen molar-refractivity contribution in [1.82, 2.24) is 14.8 Å². The number of quaternary nitrogens is 1. The lowest BCUT2D eigenvalue weighted by atomic mass is 10.2. The summed E-state index contributed by atoms with van der Waals surface area (Å²) in [5, 5.41) is 12.8. The van der Waals surface area contributed by atoms with E-state index in [1.807, 2.05) is 25.6 Å². The molecule has 1 atom stereocenters. The minimum atomic E-state index is -0.326. The Morgan fingerprint density at radius 2 is 1.80 bits per heavy atom. The fraction of sp³-hybridized carbons (Fsp3) is 0.250. The second kappa shape index (κ2) is 9.78. The van der Waals surface area contributed by atoms with Gasteiger partial charge >= 0.3 is 0 Å². The van der Waals surface area contributed by atoms with Crippen LogP contribution in [0.2, 0.25) is 10.0 Å². The molecule has 0 aliphatic rings. The number of anilines is 1. The van der Waals surface area contributed by atoms with Crippen molar-refractivity contribution in [1.29, 1.82) is 0 Å². The number of nitrogens with one attached hydrogen (secondary N) is 2. The maximum absolute atomic E-state index is 13.4. The summed E-state index contributed by atoms with van der Waals surface area (Å²) in [5.41, 5.74) is 1.25. The third-order valence-corrected chi connectivity index (χ3v) is 5.84. The van der Waals surface area contributed by atoms with Crippen LogP contribution in [0, 0.1) is 5.82 Å². The summed E-state index contributed by atoms with van der Waals surface area (Å²) < 4.78 is 15.3. The van der Waals surface area contributed by atoms with E-state index in [2.05, 4.69) is 15.5 Å². The van der Waals surface area contributed by atoms with Crippen molar-refractivity contribution < 1.29 is 14.1 Å². The minimum absolute atomic E-state index is 0.0410. The molecule has 1 aromatic heterocycles. The van der Waals surface area contributed by atoms with E-state index in [1.54, 1.807) is 30.3 Å². The molecule has 158 valence electrons. The van der Waals surface area contributed by atoms with Gasteiger partial charge < -0.3 is 10.2 Å². The molecule has 2 aromatic carbocycles. The Balaban J connectivity index is 1.81. The molecule has 0 fully saturated rings. The summed E-state index contributed by atoms with van der Waals surface area (Å²) in [5.74, 6) is 0.270. The average molecular weight is 469 g/mol. The molecule has 1 amide bonds. The molecule has 2 N–H and O–H groups in total. The predicted octanol–water partition coefficient (Wildman–Crippen LogP) is 3.65. The zero-order valence-electron chi connectivity index (χ0n) is 16.6. The van der Waals surface area contributed by atoms with Crippen LogP contribution in [0.4, 0.5) is 10.1 Å². The third-order valence-electron chi connectivity index (χ3n) is 4.48. The molecule has 0 unspecified atom stereocenters. The molecule has 0 radical (unpaired) electrons. The topological polar surface area (TPSA) is 64.2 Å². The van der Waals surface area contributed by atoms with Crippen LogP contribution in [0.15, 0.2) is 47.6 Å². The van der Waals surface area contributed by atoms with Crippen molar-refractivity contribution in [3.05, 3.63) is 64.2 Å². The Morgan fingerprint density at radius 3 is 2.40 bits per heavy atom. The Kier molecular flexibility index (Phi) is 7.36. The first kappa shape index (κ1) is 22.6. The Hall–Kier alpha value is -2.13. The highest BCUT2D eigenvalue weighted by atomic mass is 35.5. The highest BCUT2D eigenvalue weighted by Gasteiger charge is 2.24. The van der Waals surface area contributed by atoms with E-state index in [9.17, 15) is 9.18 Å². The van der Waals surface area contributed by atoms with E-state index in [0.717, 1.165) is 16.4 Å². The number of hydrogen-bond donors (Lipinski definition) is 2. The molecule has 0 aliphatic carbocycles. The normalized spacial score (nSPS) is 12.2. The SMILES string of the molecule is C[C@H](c1nnc(SCC(=O)Nc2cc(Cl)cc(Cl)c2)n1-c1ccc(F)cc1)[NH+](C)C. The zero-order chi connectivity index (χ0) is 21.8. The molecule has 1 heterocycles. The van der Waals surface area contributed by atoms with E-state index in [1.165, 1.54) is 23.9 Å². The molecular weight excluding hydrogens is 448 g/mol. The molecule has 3 aromatic rings. The van der Waals surface area contributed by atoms with Crippen molar-refractivity contribution >= 4 is 46.6 Å². The standard InChI is InChI=1S/C20H20Cl2FN5OS/c1-12(27(2)3)19-25-26-20(28(19)17-6-4-15(23)5-7-17)30-11-18(29)24-16-9-13(21)8-14(22)10-16/h4-10,12H,11H2,1-3H3,(H,24,29)/p+1/t12-/m1/s1. The van der Waals surface area contributed by atoms with Crippen LogP contribution >= 0.6 is 35.0 Å². The number of aromatic nitrogens is 3. The van der Waals surface area contributed by atoms with Crippen LogP contribution in [0.1, 0.15) is 18.8 Å². The highest BCUT2D eigenvalue weighted by molar-refractivity contribution is 7.99. The first-order chi connectivity index (χ1) is 14.2. The number of carbonyl (C=O) groups is 1. The van der Waals surface area contributed by atoms with Crippen LogP contribution in [-0.4, -0.2) is 40.5 Å². The largest absolute Gasteiger partial charge is 0.331 e. The number of hydrogen-bond acceptors (Lipinski definition) is 4. The predicted molar refractivity (Wildman–Crippen MR) is 118 cm³/mol. The number of thioether (sulfide) groups is 1. The van der Waals surface area contributed by atoms with Gasteiger partial charge in [0.05, 0.1) is 19.8 Å².